The fourth-order valence-electron chi connectivity index (χ4n) is 3.81. The van der Waals surface area contributed by atoms with Gasteiger partial charge < -0.3 is 14.6 Å². The summed E-state index contributed by atoms with van der Waals surface area (Å²) in [6, 6.07) is 16.4. The summed E-state index contributed by atoms with van der Waals surface area (Å²) in [6.45, 7) is 1.70. The zero-order valence-corrected chi connectivity index (χ0v) is 17.5. The number of halogens is 3. The first-order chi connectivity index (χ1) is 13.6. The van der Waals surface area contributed by atoms with Crippen LogP contribution in [0.4, 0.5) is 5.69 Å². The van der Waals surface area contributed by atoms with E-state index >= 15 is 0 Å². The predicted octanol–water partition coefficient (Wildman–Crippen LogP) is 6.74. The molecule has 0 aliphatic carbocycles. The van der Waals surface area contributed by atoms with Crippen molar-refractivity contribution >= 4 is 40.5 Å². The van der Waals surface area contributed by atoms with Crippen LogP contribution in [0.15, 0.2) is 65.5 Å². The highest BCUT2D eigenvalue weighted by molar-refractivity contribution is 6.36. The van der Waals surface area contributed by atoms with Gasteiger partial charge in [-0.15, -0.1) is 0 Å². The molecule has 0 amide bonds. The number of hydrogen-bond donors (Lipinski definition) is 1. The summed E-state index contributed by atoms with van der Waals surface area (Å²) in [5.74, 6) is 0. The van der Waals surface area contributed by atoms with Gasteiger partial charge in [-0.05, 0) is 54.8 Å². The van der Waals surface area contributed by atoms with Crippen LogP contribution in [0, 0.1) is 0 Å². The fourth-order valence-corrected chi connectivity index (χ4v) is 4.45. The first-order valence-corrected chi connectivity index (χ1v) is 10.4. The monoisotopic (exact) mass is 434 g/mol. The number of nitrogens with zero attached hydrogens (tertiary/aromatic N) is 1. The summed E-state index contributed by atoms with van der Waals surface area (Å²) in [5, 5.41) is 5.73. The molecule has 2 unspecified atom stereocenters. The topological polar surface area (TPSA) is 28.4 Å². The molecule has 1 aliphatic rings. The van der Waals surface area contributed by atoms with Gasteiger partial charge in [0.1, 0.15) is 0 Å². The lowest BCUT2D eigenvalue weighted by Crippen LogP contribution is -2.44. The Morgan fingerprint density at radius 1 is 1.00 bits per heavy atom. The first-order valence-electron chi connectivity index (χ1n) is 9.32. The second kappa shape index (κ2) is 8.79. The van der Waals surface area contributed by atoms with Gasteiger partial charge >= 0.3 is 0 Å². The van der Waals surface area contributed by atoms with Crippen LogP contribution in [0.2, 0.25) is 15.1 Å². The summed E-state index contributed by atoms with van der Waals surface area (Å²) in [4.78, 5) is 2.37. The molecule has 1 fully saturated rings. The SMILES string of the molecule is Clc1ccc(C2CC(NCc3ccoc3)CCN2c2ccc(Cl)cc2Cl)cc1. The van der Waals surface area contributed by atoms with Crippen LogP contribution >= 0.6 is 34.8 Å². The molecule has 2 aromatic carbocycles. The quantitative estimate of drug-likeness (QED) is 0.481. The molecule has 2 heterocycles. The minimum absolute atomic E-state index is 0.201. The number of piperidine rings is 1. The lowest BCUT2D eigenvalue weighted by Gasteiger charge is -2.42. The lowest BCUT2D eigenvalue weighted by atomic mass is 9.91. The van der Waals surface area contributed by atoms with Gasteiger partial charge in [0.2, 0.25) is 0 Å². The van der Waals surface area contributed by atoms with Crippen LogP contribution in [0.1, 0.15) is 30.0 Å². The first kappa shape index (κ1) is 19.7. The van der Waals surface area contributed by atoms with Crippen molar-refractivity contribution in [2.45, 2.75) is 31.5 Å². The van der Waals surface area contributed by atoms with Crippen LogP contribution < -0.4 is 10.2 Å². The van der Waals surface area contributed by atoms with E-state index in [2.05, 4.69) is 22.3 Å². The molecule has 4 rings (SSSR count). The maximum Gasteiger partial charge on any atom is 0.0947 e. The van der Waals surface area contributed by atoms with E-state index in [1.165, 1.54) is 5.56 Å². The Balaban J connectivity index is 1.58. The normalized spacial score (nSPS) is 19.8. The summed E-state index contributed by atoms with van der Waals surface area (Å²) < 4.78 is 5.17. The minimum Gasteiger partial charge on any atom is -0.472 e. The van der Waals surface area contributed by atoms with E-state index in [0.29, 0.717) is 16.1 Å². The zero-order valence-electron chi connectivity index (χ0n) is 15.2. The van der Waals surface area contributed by atoms with Crippen LogP contribution in [0.25, 0.3) is 0 Å². The van der Waals surface area contributed by atoms with Crippen molar-refractivity contribution in [3.05, 3.63) is 87.3 Å². The molecule has 0 saturated carbocycles. The zero-order chi connectivity index (χ0) is 19.5. The number of furan rings is 1. The van der Waals surface area contributed by atoms with Crippen molar-refractivity contribution in [3.8, 4) is 0 Å². The van der Waals surface area contributed by atoms with Gasteiger partial charge in [-0.2, -0.15) is 0 Å². The highest BCUT2D eigenvalue weighted by Crippen LogP contribution is 2.39. The van der Waals surface area contributed by atoms with Gasteiger partial charge in [-0.1, -0.05) is 46.9 Å². The maximum atomic E-state index is 6.53. The van der Waals surface area contributed by atoms with Gasteiger partial charge in [0.25, 0.3) is 0 Å². The molecule has 3 aromatic rings. The highest BCUT2D eigenvalue weighted by atomic mass is 35.5. The van der Waals surface area contributed by atoms with E-state index in [-0.39, 0.29) is 6.04 Å². The van der Waals surface area contributed by atoms with E-state index in [0.717, 1.165) is 42.2 Å². The van der Waals surface area contributed by atoms with Gasteiger partial charge in [0.15, 0.2) is 0 Å². The summed E-state index contributed by atoms with van der Waals surface area (Å²) >= 11 is 18.7. The molecule has 0 bridgehead atoms. The molecule has 1 saturated heterocycles. The van der Waals surface area contributed by atoms with E-state index in [1.807, 2.05) is 30.3 Å². The molecule has 1 aliphatic heterocycles. The third-order valence-corrected chi connectivity index (χ3v) is 6.04. The Kier molecular flexibility index (Phi) is 6.17. The van der Waals surface area contributed by atoms with Crippen molar-refractivity contribution in [2.24, 2.45) is 0 Å². The summed E-state index contributed by atoms with van der Waals surface area (Å²) in [7, 11) is 0. The van der Waals surface area contributed by atoms with E-state index in [1.54, 1.807) is 18.6 Å². The number of rotatable bonds is 5. The second-order valence-corrected chi connectivity index (χ2v) is 8.37. The van der Waals surface area contributed by atoms with Crippen LogP contribution in [-0.2, 0) is 6.54 Å². The molecule has 2 atom stereocenters. The van der Waals surface area contributed by atoms with E-state index in [4.69, 9.17) is 39.2 Å². The Morgan fingerprint density at radius 2 is 1.79 bits per heavy atom. The predicted molar refractivity (Wildman–Crippen MR) is 117 cm³/mol. The molecule has 28 heavy (non-hydrogen) atoms. The average Bonchev–Trinajstić information content (AvgIpc) is 3.21. The summed E-state index contributed by atoms with van der Waals surface area (Å²) in [5.41, 5.74) is 3.40. The van der Waals surface area contributed by atoms with Gasteiger partial charge in [0.05, 0.1) is 29.3 Å². The fraction of sp³-hybridized carbons (Fsp3) is 0.273. The van der Waals surface area contributed by atoms with Crippen LogP contribution in [0.3, 0.4) is 0 Å². The van der Waals surface area contributed by atoms with E-state index in [9.17, 15) is 0 Å². The molecule has 0 radical (unpaired) electrons. The van der Waals surface area contributed by atoms with Crippen molar-refractivity contribution in [3.63, 3.8) is 0 Å². The van der Waals surface area contributed by atoms with Crippen LogP contribution in [0.5, 0.6) is 0 Å². The standard InChI is InChI=1S/C22H21Cl3N2O/c23-17-3-1-16(2-4-17)22-12-19(26-13-15-8-10-28-14-15)7-9-27(22)21-6-5-18(24)11-20(21)25/h1-6,8,10-11,14,19,22,26H,7,9,12-13H2. The Hall–Kier alpha value is -1.65. The third-order valence-electron chi connectivity index (χ3n) is 5.25. The average molecular weight is 436 g/mol. The third kappa shape index (κ3) is 4.49. The highest BCUT2D eigenvalue weighted by Gasteiger charge is 2.30. The second-order valence-electron chi connectivity index (χ2n) is 7.09. The van der Waals surface area contributed by atoms with Gasteiger partial charge in [-0.3, -0.25) is 0 Å². The van der Waals surface area contributed by atoms with Crippen molar-refractivity contribution in [1.82, 2.24) is 5.32 Å². The van der Waals surface area contributed by atoms with E-state index < -0.39 is 0 Å². The molecule has 3 nitrogen and oxygen atoms in total. The molecule has 1 N–H and O–H groups in total. The molecule has 0 spiro atoms. The Labute approximate surface area is 180 Å². The number of hydrogen-bond acceptors (Lipinski definition) is 3. The van der Waals surface area contributed by atoms with Crippen molar-refractivity contribution in [2.75, 3.05) is 11.4 Å². The number of benzene rings is 2. The molecule has 6 heteroatoms. The Bertz CT molecular complexity index is 912. The molecule has 146 valence electrons. The largest absolute Gasteiger partial charge is 0.472 e. The van der Waals surface area contributed by atoms with Crippen molar-refractivity contribution < 1.29 is 4.42 Å². The molecule has 1 aromatic heterocycles. The van der Waals surface area contributed by atoms with Crippen molar-refractivity contribution in [1.29, 1.82) is 0 Å². The van der Waals surface area contributed by atoms with Gasteiger partial charge in [0, 0.05) is 34.7 Å². The van der Waals surface area contributed by atoms with Gasteiger partial charge in [-0.25, -0.2) is 0 Å². The molecular formula is C22H21Cl3N2O. The molecular weight excluding hydrogens is 415 g/mol. The minimum atomic E-state index is 0.201. The lowest BCUT2D eigenvalue weighted by molar-refractivity contribution is 0.359. The van der Waals surface area contributed by atoms with Crippen LogP contribution in [-0.4, -0.2) is 12.6 Å². The maximum absolute atomic E-state index is 6.53. The number of anilines is 1. The smallest absolute Gasteiger partial charge is 0.0947 e. The number of nitrogens with one attached hydrogen (secondary N) is 1. The summed E-state index contributed by atoms with van der Waals surface area (Å²) in [6.07, 6.45) is 5.49. The Morgan fingerprint density at radius 3 is 2.50 bits per heavy atom.